The summed E-state index contributed by atoms with van der Waals surface area (Å²) < 4.78 is 0. The van der Waals surface area contributed by atoms with Crippen molar-refractivity contribution in [2.24, 2.45) is 5.16 Å². The Morgan fingerprint density at radius 1 is 1.21 bits per heavy atom. The lowest BCUT2D eigenvalue weighted by Crippen LogP contribution is -2.47. The number of piperazine rings is 1. The zero-order chi connectivity index (χ0) is 16.8. The van der Waals surface area contributed by atoms with Gasteiger partial charge < -0.3 is 10.1 Å². The van der Waals surface area contributed by atoms with Gasteiger partial charge in [-0.2, -0.15) is 0 Å². The first-order valence-electron chi connectivity index (χ1n) is 8.42. The molecule has 5 nitrogen and oxygen atoms in total. The third-order valence-corrected chi connectivity index (χ3v) is 5.30. The van der Waals surface area contributed by atoms with Gasteiger partial charge in [0.15, 0.2) is 0 Å². The van der Waals surface area contributed by atoms with Gasteiger partial charge in [0.25, 0.3) is 0 Å². The monoisotopic (exact) mass is 344 g/mol. The fourth-order valence-corrected chi connectivity index (χ4v) is 3.78. The van der Waals surface area contributed by atoms with Crippen molar-refractivity contribution < 1.29 is 5.21 Å². The van der Waals surface area contributed by atoms with Gasteiger partial charge in [0, 0.05) is 31.9 Å². The predicted octanol–water partition coefficient (Wildman–Crippen LogP) is 3.23. The molecule has 1 aliphatic rings. The summed E-state index contributed by atoms with van der Waals surface area (Å²) in [5, 5.41) is 14.7. The lowest BCUT2D eigenvalue weighted by Gasteiger charge is -2.35. The van der Waals surface area contributed by atoms with Crippen molar-refractivity contribution in [2.45, 2.75) is 19.8 Å². The van der Waals surface area contributed by atoms with Crippen LogP contribution in [0.25, 0.3) is 0 Å². The number of pyridine rings is 1. The average Bonchev–Trinajstić information content (AvgIpc) is 3.14. The molecule has 1 N–H and O–H groups in total. The fourth-order valence-electron chi connectivity index (χ4n) is 3.04. The highest BCUT2D eigenvalue weighted by Crippen LogP contribution is 2.16. The number of hydrogen-bond acceptors (Lipinski definition) is 6. The van der Waals surface area contributed by atoms with Crippen molar-refractivity contribution in [3.8, 4) is 0 Å². The number of thiophene rings is 1. The minimum Gasteiger partial charge on any atom is -0.411 e. The zero-order valence-electron chi connectivity index (χ0n) is 14.1. The Hall–Kier alpha value is -1.92. The smallest absolute Gasteiger partial charge is 0.128 e. The number of oxime groups is 1. The summed E-state index contributed by atoms with van der Waals surface area (Å²) in [7, 11) is 0. The molecule has 2 aromatic heterocycles. The summed E-state index contributed by atoms with van der Waals surface area (Å²) >= 11 is 1.62. The highest BCUT2D eigenvalue weighted by Gasteiger charge is 2.18. The van der Waals surface area contributed by atoms with E-state index in [0.29, 0.717) is 0 Å². The number of hydrogen-bond donors (Lipinski definition) is 1. The van der Waals surface area contributed by atoms with E-state index < -0.39 is 0 Å². The summed E-state index contributed by atoms with van der Waals surface area (Å²) in [6, 6.07) is 10.2. The Balaban J connectivity index is 1.43. The van der Waals surface area contributed by atoms with E-state index in [4.69, 9.17) is 0 Å². The second kappa shape index (κ2) is 8.26. The van der Waals surface area contributed by atoms with Gasteiger partial charge in [-0.3, -0.25) is 4.90 Å². The van der Waals surface area contributed by atoms with Crippen molar-refractivity contribution in [3.63, 3.8) is 0 Å². The lowest BCUT2D eigenvalue weighted by molar-refractivity contribution is 0.255. The van der Waals surface area contributed by atoms with Crippen LogP contribution < -0.4 is 4.90 Å². The van der Waals surface area contributed by atoms with Crippen LogP contribution in [-0.4, -0.2) is 53.5 Å². The Kier molecular flexibility index (Phi) is 5.82. The number of nitrogens with zero attached hydrogens (tertiary/aromatic N) is 4. The van der Waals surface area contributed by atoms with Gasteiger partial charge in [0.2, 0.25) is 0 Å². The van der Waals surface area contributed by atoms with E-state index in [1.807, 2.05) is 30.5 Å². The molecule has 6 heteroatoms. The molecule has 1 aliphatic heterocycles. The maximum atomic E-state index is 9.19. The first-order chi connectivity index (χ1) is 11.8. The van der Waals surface area contributed by atoms with Gasteiger partial charge in [-0.15, -0.1) is 11.3 Å². The highest BCUT2D eigenvalue weighted by atomic mass is 32.1. The van der Waals surface area contributed by atoms with Crippen LogP contribution in [0.2, 0.25) is 0 Å². The van der Waals surface area contributed by atoms with E-state index in [9.17, 15) is 5.21 Å². The van der Waals surface area contributed by atoms with Crippen LogP contribution in [0.5, 0.6) is 0 Å². The summed E-state index contributed by atoms with van der Waals surface area (Å²) in [5.41, 5.74) is 1.87. The summed E-state index contributed by atoms with van der Waals surface area (Å²) in [5.74, 6) is 1.09. The van der Waals surface area contributed by atoms with Gasteiger partial charge in [0.05, 0.1) is 10.6 Å². The molecule has 0 spiro atoms. The molecule has 128 valence electrons. The standard InChI is InChI=1S/C18H24N4OS/c1-15-5-2-8-18(19-15)22-12-10-21(11-13-22)9-3-6-16(20-23)17-7-4-14-24-17/h2,4-5,7-8,14,23H,3,6,9-13H2,1H3. The third-order valence-electron chi connectivity index (χ3n) is 4.38. The average molecular weight is 344 g/mol. The second-order valence-electron chi connectivity index (χ2n) is 6.09. The summed E-state index contributed by atoms with van der Waals surface area (Å²) in [6.07, 6.45) is 1.83. The van der Waals surface area contributed by atoms with Crippen molar-refractivity contribution in [3.05, 3.63) is 46.3 Å². The Morgan fingerprint density at radius 3 is 2.71 bits per heavy atom. The molecule has 1 fully saturated rings. The van der Waals surface area contributed by atoms with Crippen LogP contribution in [0.15, 0.2) is 40.9 Å². The van der Waals surface area contributed by atoms with E-state index in [1.54, 1.807) is 11.3 Å². The first kappa shape index (κ1) is 16.9. The molecule has 0 amide bonds. The number of rotatable bonds is 6. The van der Waals surface area contributed by atoms with Crippen LogP contribution in [0.3, 0.4) is 0 Å². The van der Waals surface area contributed by atoms with Crippen LogP contribution in [-0.2, 0) is 0 Å². The Morgan fingerprint density at radius 2 is 2.04 bits per heavy atom. The number of anilines is 1. The lowest BCUT2D eigenvalue weighted by atomic mass is 10.1. The predicted molar refractivity (Wildman–Crippen MR) is 99.5 cm³/mol. The first-order valence-corrected chi connectivity index (χ1v) is 9.30. The molecule has 0 bridgehead atoms. The second-order valence-corrected chi connectivity index (χ2v) is 7.04. The van der Waals surface area contributed by atoms with E-state index in [0.717, 1.165) is 67.7 Å². The summed E-state index contributed by atoms with van der Waals surface area (Å²) in [4.78, 5) is 10.5. The van der Waals surface area contributed by atoms with Crippen LogP contribution in [0.4, 0.5) is 5.82 Å². The maximum absolute atomic E-state index is 9.19. The molecule has 1 saturated heterocycles. The molecule has 0 aliphatic carbocycles. The number of aryl methyl sites for hydroxylation is 1. The normalized spacial score (nSPS) is 16.5. The molecular formula is C18H24N4OS. The molecule has 2 aromatic rings. The molecule has 0 aromatic carbocycles. The van der Waals surface area contributed by atoms with E-state index >= 15 is 0 Å². The quantitative estimate of drug-likeness (QED) is 0.497. The minimum atomic E-state index is 0.799. The molecule has 0 unspecified atom stereocenters. The van der Waals surface area contributed by atoms with Crippen molar-refractivity contribution in [1.82, 2.24) is 9.88 Å². The number of aromatic nitrogens is 1. The highest BCUT2D eigenvalue weighted by molar-refractivity contribution is 7.12. The van der Waals surface area contributed by atoms with Crippen molar-refractivity contribution >= 4 is 22.9 Å². The minimum absolute atomic E-state index is 0.799. The molecule has 0 radical (unpaired) electrons. The largest absolute Gasteiger partial charge is 0.411 e. The van der Waals surface area contributed by atoms with Gasteiger partial charge in [0.1, 0.15) is 5.82 Å². The zero-order valence-corrected chi connectivity index (χ0v) is 14.9. The van der Waals surface area contributed by atoms with Crippen molar-refractivity contribution in [1.29, 1.82) is 0 Å². The molecule has 0 saturated carbocycles. The van der Waals surface area contributed by atoms with E-state index in [1.165, 1.54) is 0 Å². The molecule has 0 atom stereocenters. The van der Waals surface area contributed by atoms with Crippen molar-refractivity contribution in [2.75, 3.05) is 37.6 Å². The van der Waals surface area contributed by atoms with Gasteiger partial charge in [-0.25, -0.2) is 4.98 Å². The van der Waals surface area contributed by atoms with Crippen LogP contribution in [0, 0.1) is 6.92 Å². The van der Waals surface area contributed by atoms with Gasteiger partial charge >= 0.3 is 0 Å². The van der Waals surface area contributed by atoms with Crippen LogP contribution in [0.1, 0.15) is 23.4 Å². The van der Waals surface area contributed by atoms with E-state index in [-0.39, 0.29) is 0 Å². The summed E-state index contributed by atoms with van der Waals surface area (Å²) in [6.45, 7) is 7.22. The van der Waals surface area contributed by atoms with Crippen LogP contribution >= 0.6 is 11.3 Å². The Labute approximate surface area is 147 Å². The molecule has 3 heterocycles. The molecule has 24 heavy (non-hydrogen) atoms. The van der Waals surface area contributed by atoms with Gasteiger partial charge in [-0.05, 0) is 49.9 Å². The SMILES string of the molecule is Cc1cccc(N2CCN(CCCC(=NO)c3cccs3)CC2)n1. The molecular weight excluding hydrogens is 320 g/mol. The molecule has 3 rings (SSSR count). The van der Waals surface area contributed by atoms with E-state index in [2.05, 4.69) is 32.1 Å². The maximum Gasteiger partial charge on any atom is 0.128 e. The Bertz CT molecular complexity index is 663. The topological polar surface area (TPSA) is 52.0 Å². The van der Waals surface area contributed by atoms with Gasteiger partial charge in [-0.1, -0.05) is 17.3 Å². The third kappa shape index (κ3) is 4.33. The fraction of sp³-hybridized carbons (Fsp3) is 0.444.